The smallest absolute Gasteiger partial charge is 0.123 e. The SMILES string of the molecule is C[Si](C)(C)c1cccc2cc(F)ccc12. The van der Waals surface area contributed by atoms with E-state index in [0.29, 0.717) is 0 Å². The van der Waals surface area contributed by atoms with E-state index in [2.05, 4.69) is 25.7 Å². The van der Waals surface area contributed by atoms with Gasteiger partial charge >= 0.3 is 0 Å². The lowest BCUT2D eigenvalue weighted by molar-refractivity contribution is 0.630. The lowest BCUT2D eigenvalue weighted by atomic mass is 10.1. The first-order valence-corrected chi connectivity index (χ1v) is 8.67. The molecule has 0 aromatic heterocycles. The minimum Gasteiger partial charge on any atom is -0.207 e. The highest BCUT2D eigenvalue weighted by Gasteiger charge is 2.18. The van der Waals surface area contributed by atoms with Crippen molar-refractivity contribution in [2.45, 2.75) is 19.6 Å². The Morgan fingerprint density at radius 2 is 1.73 bits per heavy atom. The number of benzene rings is 2. The minimum absolute atomic E-state index is 0.157. The van der Waals surface area contributed by atoms with Gasteiger partial charge in [0.15, 0.2) is 0 Å². The van der Waals surface area contributed by atoms with Crippen molar-refractivity contribution < 1.29 is 4.39 Å². The molecular weight excluding hydrogens is 203 g/mol. The second-order valence-corrected chi connectivity index (χ2v) is 9.96. The molecule has 0 saturated carbocycles. The zero-order valence-electron chi connectivity index (χ0n) is 9.34. The third kappa shape index (κ3) is 1.95. The molecule has 0 aliphatic heterocycles. The van der Waals surface area contributed by atoms with Crippen LogP contribution in [0.5, 0.6) is 0 Å². The van der Waals surface area contributed by atoms with Gasteiger partial charge in [0.2, 0.25) is 0 Å². The molecule has 0 atom stereocenters. The first-order chi connectivity index (χ1) is 6.98. The van der Waals surface area contributed by atoms with Crippen LogP contribution in [0.2, 0.25) is 19.6 Å². The average molecular weight is 218 g/mol. The number of fused-ring (bicyclic) bond motifs is 1. The van der Waals surface area contributed by atoms with Crippen LogP contribution in [0.4, 0.5) is 4.39 Å². The van der Waals surface area contributed by atoms with E-state index in [1.54, 1.807) is 12.1 Å². The molecule has 0 spiro atoms. The van der Waals surface area contributed by atoms with Gasteiger partial charge in [0.25, 0.3) is 0 Å². The molecule has 0 aliphatic carbocycles. The first kappa shape index (κ1) is 10.4. The van der Waals surface area contributed by atoms with Crippen LogP contribution in [0.1, 0.15) is 0 Å². The summed E-state index contributed by atoms with van der Waals surface area (Å²) < 4.78 is 13.1. The summed E-state index contributed by atoms with van der Waals surface area (Å²) in [6.45, 7) is 6.93. The van der Waals surface area contributed by atoms with Crippen molar-refractivity contribution in [2.75, 3.05) is 0 Å². The maximum absolute atomic E-state index is 13.1. The van der Waals surface area contributed by atoms with Crippen molar-refractivity contribution in [3.63, 3.8) is 0 Å². The molecule has 0 aliphatic rings. The van der Waals surface area contributed by atoms with Crippen molar-refractivity contribution >= 4 is 24.0 Å². The fraction of sp³-hybridized carbons (Fsp3) is 0.231. The highest BCUT2D eigenvalue weighted by molar-refractivity contribution is 6.90. The Labute approximate surface area is 90.8 Å². The summed E-state index contributed by atoms with van der Waals surface area (Å²) in [6.07, 6.45) is 0. The molecule has 0 N–H and O–H groups in total. The fourth-order valence-electron chi connectivity index (χ4n) is 1.91. The summed E-state index contributed by atoms with van der Waals surface area (Å²) in [7, 11) is -1.34. The minimum atomic E-state index is -1.34. The molecule has 15 heavy (non-hydrogen) atoms. The first-order valence-electron chi connectivity index (χ1n) is 5.17. The maximum Gasteiger partial charge on any atom is 0.123 e. The lowest BCUT2D eigenvalue weighted by Crippen LogP contribution is -2.37. The van der Waals surface area contributed by atoms with E-state index >= 15 is 0 Å². The Morgan fingerprint density at radius 1 is 1.00 bits per heavy atom. The zero-order valence-corrected chi connectivity index (χ0v) is 10.3. The molecule has 2 aromatic rings. The van der Waals surface area contributed by atoms with Gasteiger partial charge in [-0.1, -0.05) is 49.1 Å². The monoisotopic (exact) mass is 218 g/mol. The van der Waals surface area contributed by atoms with E-state index in [1.807, 2.05) is 18.2 Å². The van der Waals surface area contributed by atoms with E-state index in [1.165, 1.54) is 10.6 Å². The van der Waals surface area contributed by atoms with Crippen LogP contribution in [0.15, 0.2) is 36.4 Å². The molecule has 0 amide bonds. The average Bonchev–Trinajstić information content (AvgIpc) is 2.15. The topological polar surface area (TPSA) is 0 Å². The second kappa shape index (κ2) is 3.45. The molecule has 0 saturated heterocycles. The van der Waals surface area contributed by atoms with Crippen molar-refractivity contribution in [1.82, 2.24) is 0 Å². The van der Waals surface area contributed by atoms with E-state index in [9.17, 15) is 4.39 Å². The number of hydrogen-bond acceptors (Lipinski definition) is 0. The van der Waals surface area contributed by atoms with E-state index in [-0.39, 0.29) is 5.82 Å². The molecular formula is C13H15FSi. The summed E-state index contributed by atoms with van der Waals surface area (Å²) in [6, 6.07) is 11.2. The highest BCUT2D eigenvalue weighted by atomic mass is 28.3. The zero-order chi connectivity index (χ0) is 11.1. The van der Waals surface area contributed by atoms with Gasteiger partial charge in [-0.25, -0.2) is 4.39 Å². The molecule has 2 rings (SSSR count). The van der Waals surface area contributed by atoms with Crippen LogP contribution in [-0.2, 0) is 0 Å². The van der Waals surface area contributed by atoms with Gasteiger partial charge in [-0.3, -0.25) is 0 Å². The van der Waals surface area contributed by atoms with Gasteiger partial charge in [0, 0.05) is 0 Å². The molecule has 0 unspecified atom stereocenters. The normalized spacial score (nSPS) is 12.0. The van der Waals surface area contributed by atoms with Crippen LogP contribution >= 0.6 is 0 Å². The maximum atomic E-state index is 13.1. The third-order valence-corrected chi connectivity index (χ3v) is 4.70. The van der Waals surface area contributed by atoms with E-state index < -0.39 is 8.07 Å². The summed E-state index contributed by atoms with van der Waals surface area (Å²) >= 11 is 0. The van der Waals surface area contributed by atoms with Crippen LogP contribution in [-0.4, -0.2) is 8.07 Å². The summed E-state index contributed by atoms with van der Waals surface area (Å²) in [4.78, 5) is 0. The van der Waals surface area contributed by atoms with Crippen LogP contribution in [0.25, 0.3) is 10.8 Å². The predicted molar refractivity (Wildman–Crippen MR) is 66.9 cm³/mol. The number of hydrogen-bond donors (Lipinski definition) is 0. The van der Waals surface area contributed by atoms with Gasteiger partial charge in [0.1, 0.15) is 5.82 Å². The quantitative estimate of drug-likeness (QED) is 0.642. The Hall–Kier alpha value is -1.15. The summed E-state index contributed by atoms with van der Waals surface area (Å²) in [5, 5.41) is 3.62. The van der Waals surface area contributed by atoms with Crippen molar-refractivity contribution in [3.8, 4) is 0 Å². The molecule has 0 fully saturated rings. The van der Waals surface area contributed by atoms with Gasteiger partial charge in [-0.15, -0.1) is 0 Å². The Morgan fingerprint density at radius 3 is 2.40 bits per heavy atom. The van der Waals surface area contributed by atoms with Gasteiger partial charge in [-0.05, 0) is 22.9 Å². The summed E-state index contributed by atoms with van der Waals surface area (Å²) in [5.41, 5.74) is 0. The van der Waals surface area contributed by atoms with Crippen molar-refractivity contribution in [3.05, 3.63) is 42.2 Å². The largest absolute Gasteiger partial charge is 0.207 e. The molecule has 2 aromatic carbocycles. The standard InChI is InChI=1S/C13H15FSi/c1-15(2,3)13-6-4-5-10-9-11(14)7-8-12(10)13/h4-9H,1-3H3. The second-order valence-electron chi connectivity index (χ2n) is 4.92. The van der Waals surface area contributed by atoms with Crippen LogP contribution in [0, 0.1) is 5.82 Å². The van der Waals surface area contributed by atoms with Crippen molar-refractivity contribution in [1.29, 1.82) is 0 Å². The van der Waals surface area contributed by atoms with Gasteiger partial charge < -0.3 is 0 Å². The molecule has 0 heterocycles. The van der Waals surface area contributed by atoms with Crippen LogP contribution < -0.4 is 5.19 Å². The molecule has 0 nitrogen and oxygen atoms in total. The highest BCUT2D eigenvalue weighted by Crippen LogP contribution is 2.16. The number of rotatable bonds is 1. The molecule has 2 heteroatoms. The number of halogens is 1. The molecule has 78 valence electrons. The Bertz CT molecular complexity index is 497. The van der Waals surface area contributed by atoms with Gasteiger partial charge in [-0.2, -0.15) is 0 Å². The van der Waals surface area contributed by atoms with Crippen LogP contribution in [0.3, 0.4) is 0 Å². The van der Waals surface area contributed by atoms with Crippen molar-refractivity contribution in [2.24, 2.45) is 0 Å². The third-order valence-electron chi connectivity index (χ3n) is 2.65. The van der Waals surface area contributed by atoms with E-state index in [0.717, 1.165) is 5.39 Å². The Balaban J connectivity index is 2.77. The molecule has 0 bridgehead atoms. The Kier molecular flexibility index (Phi) is 2.39. The fourth-order valence-corrected chi connectivity index (χ4v) is 3.54. The summed E-state index contributed by atoms with van der Waals surface area (Å²) in [5.74, 6) is -0.157. The molecule has 0 radical (unpaired) electrons. The van der Waals surface area contributed by atoms with Gasteiger partial charge in [0.05, 0.1) is 8.07 Å². The predicted octanol–water partition coefficient (Wildman–Crippen LogP) is 3.52. The lowest BCUT2D eigenvalue weighted by Gasteiger charge is -2.19. The van der Waals surface area contributed by atoms with E-state index in [4.69, 9.17) is 0 Å².